The van der Waals surface area contributed by atoms with Crippen molar-refractivity contribution in [1.82, 2.24) is 9.21 Å². The molecule has 4 rings (SSSR count). The minimum Gasteiger partial charge on any atom is -0.335 e. The van der Waals surface area contributed by atoms with E-state index in [-0.39, 0.29) is 29.7 Å². The van der Waals surface area contributed by atoms with Gasteiger partial charge in [-0.15, -0.1) is 11.3 Å². The molecule has 1 saturated heterocycles. The third kappa shape index (κ3) is 3.66. The van der Waals surface area contributed by atoms with E-state index in [1.165, 1.54) is 34.7 Å². The van der Waals surface area contributed by atoms with E-state index in [0.717, 1.165) is 15.6 Å². The Morgan fingerprint density at radius 3 is 2.33 bits per heavy atom. The number of benzene rings is 2. The van der Waals surface area contributed by atoms with Crippen LogP contribution in [0.25, 0.3) is 10.1 Å². The molecule has 156 valence electrons. The number of Topliss-reactive ketones (excluding diaryl/α,β-unsaturated/α-hetero) is 1. The van der Waals surface area contributed by atoms with Gasteiger partial charge in [-0.25, -0.2) is 8.42 Å². The zero-order valence-corrected chi connectivity index (χ0v) is 18.4. The Balaban J connectivity index is 1.50. The van der Waals surface area contributed by atoms with E-state index in [0.29, 0.717) is 23.5 Å². The smallest absolute Gasteiger partial charge is 0.264 e. The second-order valence-electron chi connectivity index (χ2n) is 7.33. The van der Waals surface area contributed by atoms with Crippen molar-refractivity contribution in [3.63, 3.8) is 0 Å². The van der Waals surface area contributed by atoms with Crippen LogP contribution in [-0.4, -0.2) is 55.5 Å². The van der Waals surface area contributed by atoms with Gasteiger partial charge in [0.15, 0.2) is 5.78 Å². The van der Waals surface area contributed by atoms with Crippen molar-refractivity contribution >= 4 is 43.1 Å². The summed E-state index contributed by atoms with van der Waals surface area (Å²) in [6.07, 6.45) is 0. The van der Waals surface area contributed by atoms with Crippen LogP contribution >= 0.6 is 11.3 Å². The average molecular weight is 443 g/mol. The van der Waals surface area contributed by atoms with Gasteiger partial charge in [0, 0.05) is 36.4 Å². The highest BCUT2D eigenvalue weighted by atomic mass is 32.2. The molecule has 1 amide bonds. The third-order valence-electron chi connectivity index (χ3n) is 5.44. The van der Waals surface area contributed by atoms with Crippen LogP contribution in [0, 0.1) is 6.92 Å². The molecule has 0 bridgehead atoms. The first-order chi connectivity index (χ1) is 14.3. The summed E-state index contributed by atoms with van der Waals surface area (Å²) in [6, 6.07) is 14.0. The van der Waals surface area contributed by atoms with Gasteiger partial charge in [0.2, 0.25) is 10.0 Å². The molecule has 6 nitrogen and oxygen atoms in total. The highest BCUT2D eigenvalue weighted by Gasteiger charge is 2.31. The van der Waals surface area contributed by atoms with Crippen molar-refractivity contribution in [3.8, 4) is 0 Å². The van der Waals surface area contributed by atoms with Gasteiger partial charge in [-0.3, -0.25) is 9.59 Å². The number of amides is 1. The summed E-state index contributed by atoms with van der Waals surface area (Å²) in [6.45, 7) is 4.47. The predicted molar refractivity (Wildman–Crippen MR) is 118 cm³/mol. The number of carbonyl (C=O) groups excluding carboxylic acids is 2. The van der Waals surface area contributed by atoms with E-state index in [4.69, 9.17) is 0 Å². The van der Waals surface area contributed by atoms with Crippen LogP contribution in [-0.2, 0) is 10.0 Å². The molecular weight excluding hydrogens is 420 g/mol. The standard InChI is InChI=1S/C22H22N2O4S2/c1-15-19-8-3-4-9-20(19)29-21(15)22(26)23-10-12-24(13-11-23)30(27,28)18-7-5-6-17(14-18)16(2)25/h3-9,14H,10-13H2,1-2H3. The van der Waals surface area contributed by atoms with Crippen molar-refractivity contribution in [1.29, 1.82) is 0 Å². The number of thiophene rings is 1. The molecule has 1 aromatic heterocycles. The van der Waals surface area contributed by atoms with E-state index >= 15 is 0 Å². The maximum Gasteiger partial charge on any atom is 0.264 e. The molecule has 8 heteroatoms. The summed E-state index contributed by atoms with van der Waals surface area (Å²) in [5, 5.41) is 1.08. The molecule has 1 aliphatic heterocycles. The zero-order chi connectivity index (χ0) is 21.5. The molecular formula is C22H22N2O4S2. The topological polar surface area (TPSA) is 74.8 Å². The van der Waals surface area contributed by atoms with E-state index in [1.54, 1.807) is 17.0 Å². The maximum atomic E-state index is 13.1. The number of sulfonamides is 1. The predicted octanol–water partition coefficient (Wildman–Crippen LogP) is 3.56. The first kappa shape index (κ1) is 20.7. The molecule has 0 radical (unpaired) electrons. The number of fused-ring (bicyclic) bond motifs is 1. The number of piperazine rings is 1. The maximum absolute atomic E-state index is 13.1. The van der Waals surface area contributed by atoms with Gasteiger partial charge in [-0.1, -0.05) is 30.3 Å². The molecule has 3 aromatic rings. The minimum absolute atomic E-state index is 0.0516. The van der Waals surface area contributed by atoms with Crippen LogP contribution in [0.3, 0.4) is 0 Å². The average Bonchev–Trinajstić information content (AvgIpc) is 3.10. The molecule has 0 N–H and O–H groups in total. The van der Waals surface area contributed by atoms with E-state index in [2.05, 4.69) is 0 Å². The monoisotopic (exact) mass is 442 g/mol. The Morgan fingerprint density at radius 1 is 0.967 bits per heavy atom. The Morgan fingerprint density at radius 2 is 1.67 bits per heavy atom. The number of aryl methyl sites for hydroxylation is 1. The normalized spacial score (nSPS) is 15.5. The van der Waals surface area contributed by atoms with Crippen molar-refractivity contribution in [2.24, 2.45) is 0 Å². The van der Waals surface area contributed by atoms with Crippen LogP contribution in [0.5, 0.6) is 0 Å². The van der Waals surface area contributed by atoms with Crippen LogP contribution in [0.1, 0.15) is 32.5 Å². The van der Waals surface area contributed by atoms with Crippen LogP contribution in [0.15, 0.2) is 53.4 Å². The number of carbonyl (C=O) groups is 2. The molecule has 30 heavy (non-hydrogen) atoms. The Hall–Kier alpha value is -2.55. The molecule has 0 unspecified atom stereocenters. The van der Waals surface area contributed by atoms with Crippen molar-refractivity contribution < 1.29 is 18.0 Å². The highest BCUT2D eigenvalue weighted by Crippen LogP contribution is 2.32. The van der Waals surface area contributed by atoms with Crippen LogP contribution in [0.2, 0.25) is 0 Å². The lowest BCUT2D eigenvalue weighted by Gasteiger charge is -2.34. The van der Waals surface area contributed by atoms with Gasteiger partial charge in [0.1, 0.15) is 0 Å². The molecule has 0 aliphatic carbocycles. The van der Waals surface area contributed by atoms with Crippen LogP contribution in [0.4, 0.5) is 0 Å². The van der Waals surface area contributed by atoms with Gasteiger partial charge >= 0.3 is 0 Å². The highest BCUT2D eigenvalue weighted by molar-refractivity contribution is 7.89. The summed E-state index contributed by atoms with van der Waals surface area (Å²) in [7, 11) is -3.71. The molecule has 2 heterocycles. The SMILES string of the molecule is CC(=O)c1cccc(S(=O)(=O)N2CCN(C(=O)c3sc4ccccc4c3C)CC2)c1. The van der Waals surface area contributed by atoms with Crippen molar-refractivity contribution in [3.05, 3.63) is 64.5 Å². The van der Waals surface area contributed by atoms with E-state index < -0.39 is 10.0 Å². The lowest BCUT2D eigenvalue weighted by Crippen LogP contribution is -2.50. The number of hydrogen-bond donors (Lipinski definition) is 0. The quantitative estimate of drug-likeness (QED) is 0.579. The molecule has 0 spiro atoms. The Kier molecular flexibility index (Phi) is 5.48. The molecule has 2 aromatic carbocycles. The van der Waals surface area contributed by atoms with Crippen LogP contribution < -0.4 is 0 Å². The fourth-order valence-electron chi connectivity index (χ4n) is 3.68. The molecule has 1 fully saturated rings. The van der Waals surface area contributed by atoms with Gasteiger partial charge in [-0.2, -0.15) is 4.31 Å². The lowest BCUT2D eigenvalue weighted by molar-refractivity contribution is 0.0702. The summed E-state index contributed by atoms with van der Waals surface area (Å²) < 4.78 is 28.4. The number of ketones is 1. The van der Waals surface area contributed by atoms with Gasteiger partial charge in [0.05, 0.1) is 9.77 Å². The molecule has 0 saturated carbocycles. The number of hydrogen-bond acceptors (Lipinski definition) is 5. The number of rotatable bonds is 4. The molecule has 0 atom stereocenters. The largest absolute Gasteiger partial charge is 0.335 e. The van der Waals surface area contributed by atoms with Gasteiger partial charge in [-0.05, 0) is 43.0 Å². The second-order valence-corrected chi connectivity index (χ2v) is 10.3. The Bertz CT molecular complexity index is 1240. The first-order valence-corrected chi connectivity index (χ1v) is 11.9. The summed E-state index contributed by atoms with van der Waals surface area (Å²) in [4.78, 5) is 27.2. The second kappa shape index (κ2) is 7.94. The zero-order valence-electron chi connectivity index (χ0n) is 16.8. The summed E-state index contributed by atoms with van der Waals surface area (Å²) in [5.41, 5.74) is 1.34. The lowest BCUT2D eigenvalue weighted by atomic mass is 10.1. The van der Waals surface area contributed by atoms with E-state index in [1.807, 2.05) is 31.2 Å². The fourth-order valence-corrected chi connectivity index (χ4v) is 6.32. The molecule has 1 aliphatic rings. The third-order valence-corrected chi connectivity index (χ3v) is 8.60. The summed E-state index contributed by atoms with van der Waals surface area (Å²) in [5.74, 6) is -0.231. The van der Waals surface area contributed by atoms with Crippen molar-refractivity contribution in [2.45, 2.75) is 18.7 Å². The van der Waals surface area contributed by atoms with E-state index in [9.17, 15) is 18.0 Å². The summed E-state index contributed by atoms with van der Waals surface area (Å²) >= 11 is 1.48. The Labute approximate surface area is 179 Å². The fraction of sp³-hybridized carbons (Fsp3) is 0.273. The van der Waals surface area contributed by atoms with Gasteiger partial charge < -0.3 is 4.90 Å². The van der Waals surface area contributed by atoms with Gasteiger partial charge in [0.25, 0.3) is 5.91 Å². The first-order valence-electron chi connectivity index (χ1n) is 9.67. The number of nitrogens with zero attached hydrogens (tertiary/aromatic N) is 2. The minimum atomic E-state index is -3.71. The van der Waals surface area contributed by atoms with Crippen molar-refractivity contribution in [2.75, 3.05) is 26.2 Å².